The van der Waals surface area contributed by atoms with Gasteiger partial charge >= 0.3 is 0 Å². The fourth-order valence-electron chi connectivity index (χ4n) is 3.16. The molecule has 1 saturated heterocycles. The van der Waals surface area contributed by atoms with E-state index in [9.17, 15) is 4.79 Å². The second-order valence-electron chi connectivity index (χ2n) is 7.04. The van der Waals surface area contributed by atoms with Crippen LogP contribution in [0.2, 0.25) is 0 Å². The Hall–Kier alpha value is -2.37. The molecular weight excluding hydrogens is 340 g/mol. The highest BCUT2D eigenvalue weighted by Crippen LogP contribution is 2.18. The number of nitrogens with one attached hydrogen (secondary N) is 1. The lowest BCUT2D eigenvalue weighted by molar-refractivity contribution is 0.0332. The molecule has 1 atom stereocenters. The van der Waals surface area contributed by atoms with Gasteiger partial charge in [-0.2, -0.15) is 0 Å². The zero-order chi connectivity index (χ0) is 19.1. The summed E-state index contributed by atoms with van der Waals surface area (Å²) in [5.41, 5.74) is 1.74. The normalized spacial score (nSPS) is 16.1. The van der Waals surface area contributed by atoms with E-state index in [1.54, 1.807) is 0 Å². The third-order valence-corrected chi connectivity index (χ3v) is 4.54. The van der Waals surface area contributed by atoms with Crippen LogP contribution >= 0.6 is 0 Å². The summed E-state index contributed by atoms with van der Waals surface area (Å²) in [7, 11) is 0. The highest BCUT2D eigenvalue weighted by molar-refractivity contribution is 5.94. The number of carbonyl (C=O) groups excluding carboxylic acids is 1. The third-order valence-electron chi connectivity index (χ3n) is 4.54. The minimum absolute atomic E-state index is 0.0663. The maximum Gasteiger partial charge on any atom is 0.251 e. The number of benzene rings is 2. The smallest absolute Gasteiger partial charge is 0.251 e. The third kappa shape index (κ3) is 5.81. The molecule has 1 amide bonds. The van der Waals surface area contributed by atoms with Gasteiger partial charge in [-0.3, -0.25) is 9.69 Å². The molecule has 3 rings (SSSR count). The van der Waals surface area contributed by atoms with Gasteiger partial charge in [0.15, 0.2) is 0 Å². The fraction of sp³-hybridized carbons (Fsp3) is 0.409. The number of carbonyl (C=O) groups is 1. The highest BCUT2D eigenvalue weighted by atomic mass is 16.5. The van der Waals surface area contributed by atoms with Crippen LogP contribution in [0.5, 0.6) is 5.75 Å². The number of ether oxygens (including phenoxy) is 2. The van der Waals surface area contributed by atoms with Crippen molar-refractivity contribution in [3.8, 4) is 5.75 Å². The van der Waals surface area contributed by atoms with Crippen molar-refractivity contribution >= 4 is 5.91 Å². The van der Waals surface area contributed by atoms with Crippen LogP contribution in [0.3, 0.4) is 0 Å². The molecule has 0 aromatic heterocycles. The predicted octanol–water partition coefficient (Wildman–Crippen LogP) is 3.28. The van der Waals surface area contributed by atoms with Gasteiger partial charge in [-0.05, 0) is 43.7 Å². The van der Waals surface area contributed by atoms with E-state index >= 15 is 0 Å². The summed E-state index contributed by atoms with van der Waals surface area (Å²) in [5.74, 6) is 0.697. The van der Waals surface area contributed by atoms with Gasteiger partial charge in [-0.1, -0.05) is 30.3 Å². The van der Waals surface area contributed by atoms with Crippen molar-refractivity contribution in [1.82, 2.24) is 10.2 Å². The lowest BCUT2D eigenvalue weighted by Crippen LogP contribution is -2.43. The van der Waals surface area contributed by atoms with Crippen LogP contribution < -0.4 is 10.1 Å². The van der Waals surface area contributed by atoms with Crippen molar-refractivity contribution in [2.45, 2.75) is 26.0 Å². The number of rotatable bonds is 7. The van der Waals surface area contributed by atoms with E-state index in [2.05, 4.69) is 22.3 Å². The summed E-state index contributed by atoms with van der Waals surface area (Å²) in [6, 6.07) is 17.4. The fourth-order valence-corrected chi connectivity index (χ4v) is 3.16. The Morgan fingerprint density at radius 3 is 2.37 bits per heavy atom. The van der Waals surface area contributed by atoms with Crippen LogP contribution in [0.15, 0.2) is 54.6 Å². The molecule has 1 aliphatic heterocycles. The van der Waals surface area contributed by atoms with Gasteiger partial charge in [0.25, 0.3) is 5.91 Å². The lowest BCUT2D eigenvalue weighted by atomic mass is 10.1. The van der Waals surface area contributed by atoms with E-state index in [1.165, 1.54) is 0 Å². The van der Waals surface area contributed by atoms with Gasteiger partial charge in [-0.25, -0.2) is 0 Å². The quantitative estimate of drug-likeness (QED) is 0.815. The molecule has 0 aliphatic carbocycles. The summed E-state index contributed by atoms with van der Waals surface area (Å²) in [4.78, 5) is 15.1. The Labute approximate surface area is 161 Å². The van der Waals surface area contributed by atoms with Crippen molar-refractivity contribution in [2.75, 3.05) is 32.8 Å². The standard InChI is InChI=1S/C22H28N2O3/c1-17(2)27-20-10-8-19(9-11-20)22(25)23-21(18-6-4-3-5-7-18)16-24-12-14-26-15-13-24/h3-11,17,21H,12-16H2,1-2H3,(H,23,25)/t21-/m0/s1. The minimum Gasteiger partial charge on any atom is -0.491 e. The zero-order valence-corrected chi connectivity index (χ0v) is 16.1. The van der Waals surface area contributed by atoms with Crippen molar-refractivity contribution in [3.05, 3.63) is 65.7 Å². The van der Waals surface area contributed by atoms with Gasteiger partial charge < -0.3 is 14.8 Å². The van der Waals surface area contributed by atoms with Crippen LogP contribution in [0, 0.1) is 0 Å². The topological polar surface area (TPSA) is 50.8 Å². The first-order valence-electron chi connectivity index (χ1n) is 9.54. The summed E-state index contributed by atoms with van der Waals surface area (Å²) < 4.78 is 11.1. The number of hydrogen-bond donors (Lipinski definition) is 1. The number of hydrogen-bond acceptors (Lipinski definition) is 4. The van der Waals surface area contributed by atoms with Gasteiger partial charge in [-0.15, -0.1) is 0 Å². The van der Waals surface area contributed by atoms with Crippen molar-refractivity contribution < 1.29 is 14.3 Å². The molecule has 5 nitrogen and oxygen atoms in total. The maximum atomic E-state index is 12.8. The van der Waals surface area contributed by atoms with Gasteiger partial charge in [0.05, 0.1) is 25.4 Å². The molecule has 1 fully saturated rings. The van der Waals surface area contributed by atoms with E-state index in [0.717, 1.165) is 44.2 Å². The first-order chi connectivity index (χ1) is 13.1. The molecule has 2 aromatic rings. The van der Waals surface area contributed by atoms with E-state index < -0.39 is 0 Å². The minimum atomic E-state index is -0.0757. The van der Waals surface area contributed by atoms with Crippen LogP contribution in [0.4, 0.5) is 0 Å². The van der Waals surface area contributed by atoms with Crippen molar-refractivity contribution in [1.29, 1.82) is 0 Å². The molecule has 0 radical (unpaired) electrons. The Morgan fingerprint density at radius 2 is 1.74 bits per heavy atom. The van der Waals surface area contributed by atoms with Gasteiger partial charge in [0.2, 0.25) is 0 Å². The van der Waals surface area contributed by atoms with E-state index in [4.69, 9.17) is 9.47 Å². The molecule has 27 heavy (non-hydrogen) atoms. The first kappa shape index (κ1) is 19.4. The first-order valence-corrected chi connectivity index (χ1v) is 9.54. The highest BCUT2D eigenvalue weighted by Gasteiger charge is 2.20. The van der Waals surface area contributed by atoms with Crippen LogP contribution in [0.1, 0.15) is 35.8 Å². The predicted molar refractivity (Wildman–Crippen MR) is 106 cm³/mol. The summed E-state index contributed by atoms with van der Waals surface area (Å²) in [6.45, 7) is 8.00. The molecule has 1 heterocycles. The van der Waals surface area contributed by atoms with Gasteiger partial charge in [0.1, 0.15) is 5.75 Å². The molecule has 0 unspecified atom stereocenters. The zero-order valence-electron chi connectivity index (χ0n) is 16.1. The number of morpholine rings is 1. The molecule has 0 saturated carbocycles. The van der Waals surface area contributed by atoms with Crippen LogP contribution in [-0.2, 0) is 4.74 Å². The molecule has 144 valence electrons. The molecular formula is C22H28N2O3. The molecule has 0 bridgehead atoms. The number of amides is 1. The maximum absolute atomic E-state index is 12.8. The van der Waals surface area contributed by atoms with E-state index in [0.29, 0.717) is 5.56 Å². The summed E-state index contributed by atoms with van der Waals surface area (Å²) >= 11 is 0. The second kappa shape index (κ2) is 9.53. The Balaban J connectivity index is 1.69. The van der Waals surface area contributed by atoms with E-state index in [1.807, 2.05) is 56.3 Å². The molecule has 5 heteroatoms. The van der Waals surface area contributed by atoms with E-state index in [-0.39, 0.29) is 18.1 Å². The van der Waals surface area contributed by atoms with Crippen molar-refractivity contribution in [2.24, 2.45) is 0 Å². The largest absolute Gasteiger partial charge is 0.491 e. The van der Waals surface area contributed by atoms with Crippen LogP contribution in [0.25, 0.3) is 0 Å². The Bertz CT molecular complexity index is 710. The van der Waals surface area contributed by atoms with Crippen LogP contribution in [-0.4, -0.2) is 49.8 Å². The van der Waals surface area contributed by atoms with Crippen molar-refractivity contribution in [3.63, 3.8) is 0 Å². The SMILES string of the molecule is CC(C)Oc1ccc(C(=O)N[C@@H](CN2CCOCC2)c2ccccc2)cc1. The molecule has 0 spiro atoms. The Kier molecular flexibility index (Phi) is 6.85. The lowest BCUT2D eigenvalue weighted by Gasteiger charge is -2.31. The second-order valence-corrected chi connectivity index (χ2v) is 7.04. The molecule has 1 aliphatic rings. The monoisotopic (exact) mass is 368 g/mol. The van der Waals surface area contributed by atoms with Gasteiger partial charge in [0, 0.05) is 25.2 Å². The summed E-state index contributed by atoms with van der Waals surface area (Å²) in [6.07, 6.45) is 0.112. The molecule has 2 aromatic carbocycles. The average molecular weight is 368 g/mol. The summed E-state index contributed by atoms with van der Waals surface area (Å²) in [5, 5.41) is 3.19. The Morgan fingerprint density at radius 1 is 1.07 bits per heavy atom. The molecule has 1 N–H and O–H groups in total. The number of nitrogens with zero attached hydrogens (tertiary/aromatic N) is 1. The average Bonchev–Trinajstić information content (AvgIpc) is 2.69.